The van der Waals surface area contributed by atoms with Crippen LogP contribution in [0.4, 0.5) is 9.52 Å². The van der Waals surface area contributed by atoms with Gasteiger partial charge < -0.3 is 10.0 Å². The number of nitrogens with one attached hydrogen (secondary N) is 1. The number of allylic oxidation sites excluding steroid dienone is 3. The van der Waals surface area contributed by atoms with Crippen LogP contribution in [0.25, 0.3) is 0 Å². The predicted octanol–water partition coefficient (Wildman–Crippen LogP) is 3.57. The molecule has 0 bridgehead atoms. The number of phenols is 1. The molecule has 2 amide bonds. The van der Waals surface area contributed by atoms with Crippen LogP contribution in [0.5, 0.6) is 5.75 Å². The van der Waals surface area contributed by atoms with Crippen LogP contribution in [0.3, 0.4) is 0 Å². The number of likely N-dealkylation sites (tertiary alicyclic amines) is 1. The summed E-state index contributed by atoms with van der Waals surface area (Å²) < 4.78 is 13.9. The van der Waals surface area contributed by atoms with Crippen molar-refractivity contribution in [3.05, 3.63) is 77.1 Å². The number of thiazole rings is 1. The summed E-state index contributed by atoms with van der Waals surface area (Å²) in [6.45, 7) is 5.74. The van der Waals surface area contributed by atoms with Gasteiger partial charge in [-0.25, -0.2) is 9.37 Å². The standard InChI is InChI=1S/C20H18FN3O3S/c1-3-4-5-13-11-24(19(27)12(13)2)17(15-10-14(21)6-7-16(15)25)18(26)23-20-22-8-9-28-20/h3-10,17,25H,2,11H2,1H3,(H,22,23,26)/b4-3-,13-5-. The summed E-state index contributed by atoms with van der Waals surface area (Å²) in [5.41, 5.74) is 0.884. The zero-order valence-corrected chi connectivity index (χ0v) is 15.9. The number of phenolic OH excluding ortho intramolecular Hbond substituents is 1. The number of carbonyl (C=O) groups excluding carboxylic acids is 2. The maximum Gasteiger partial charge on any atom is 0.254 e. The lowest BCUT2D eigenvalue weighted by Crippen LogP contribution is -2.38. The van der Waals surface area contributed by atoms with E-state index in [0.717, 1.165) is 18.2 Å². The summed E-state index contributed by atoms with van der Waals surface area (Å²) in [6, 6.07) is 2.03. The fraction of sp³-hybridized carbons (Fsp3) is 0.150. The first-order valence-corrected chi connectivity index (χ1v) is 9.31. The highest BCUT2D eigenvalue weighted by atomic mass is 32.1. The number of nitrogens with zero attached hydrogens (tertiary/aromatic N) is 2. The SMILES string of the molecule is C=C1C(=O)N(C(C(=O)Nc2nccs2)c2cc(F)ccc2O)C/C1=C/C=C\C. The molecule has 1 aliphatic heterocycles. The topological polar surface area (TPSA) is 82.5 Å². The summed E-state index contributed by atoms with van der Waals surface area (Å²) >= 11 is 1.21. The van der Waals surface area contributed by atoms with Crippen molar-refractivity contribution in [3.8, 4) is 5.75 Å². The third-order valence-corrected chi connectivity index (χ3v) is 4.93. The Hall–Kier alpha value is -3.26. The van der Waals surface area contributed by atoms with Crippen LogP contribution in [-0.2, 0) is 9.59 Å². The summed E-state index contributed by atoms with van der Waals surface area (Å²) in [5.74, 6) is -1.98. The molecule has 1 atom stereocenters. The Morgan fingerprint density at radius 2 is 2.29 bits per heavy atom. The molecular weight excluding hydrogens is 381 g/mol. The van der Waals surface area contributed by atoms with E-state index in [1.807, 2.05) is 6.92 Å². The van der Waals surface area contributed by atoms with Crippen LogP contribution in [0.15, 0.2) is 65.7 Å². The van der Waals surface area contributed by atoms with Gasteiger partial charge >= 0.3 is 0 Å². The van der Waals surface area contributed by atoms with Gasteiger partial charge in [0.05, 0.1) is 0 Å². The van der Waals surface area contributed by atoms with Crippen molar-refractivity contribution in [1.29, 1.82) is 0 Å². The lowest BCUT2D eigenvalue weighted by molar-refractivity contribution is -0.133. The molecule has 6 nitrogen and oxygen atoms in total. The van der Waals surface area contributed by atoms with E-state index in [1.165, 1.54) is 22.4 Å². The number of aromatic hydroxyl groups is 1. The second-order valence-corrected chi connectivity index (χ2v) is 6.96. The first kappa shape index (κ1) is 19.5. The highest BCUT2D eigenvalue weighted by Gasteiger charge is 2.39. The van der Waals surface area contributed by atoms with Crippen molar-refractivity contribution >= 4 is 28.3 Å². The zero-order chi connectivity index (χ0) is 20.3. The van der Waals surface area contributed by atoms with Crippen molar-refractivity contribution in [2.24, 2.45) is 0 Å². The zero-order valence-electron chi connectivity index (χ0n) is 15.1. The highest BCUT2D eigenvalue weighted by molar-refractivity contribution is 7.13. The van der Waals surface area contributed by atoms with Gasteiger partial charge in [0, 0.05) is 29.3 Å². The fourth-order valence-corrected chi connectivity index (χ4v) is 3.42. The molecule has 0 aliphatic carbocycles. The Morgan fingerprint density at radius 1 is 1.50 bits per heavy atom. The second kappa shape index (κ2) is 8.18. The number of rotatable bonds is 5. The number of halogens is 1. The average molecular weight is 399 g/mol. The first-order valence-electron chi connectivity index (χ1n) is 8.43. The van der Waals surface area contributed by atoms with Crippen molar-refractivity contribution < 1.29 is 19.1 Å². The van der Waals surface area contributed by atoms with E-state index in [1.54, 1.807) is 23.6 Å². The van der Waals surface area contributed by atoms with Gasteiger partial charge in [-0.05, 0) is 30.7 Å². The number of hydrogen-bond acceptors (Lipinski definition) is 5. The van der Waals surface area contributed by atoms with E-state index in [-0.39, 0.29) is 23.4 Å². The molecule has 0 radical (unpaired) electrons. The van der Waals surface area contributed by atoms with Crippen molar-refractivity contribution in [3.63, 3.8) is 0 Å². The van der Waals surface area contributed by atoms with Crippen LogP contribution < -0.4 is 5.32 Å². The van der Waals surface area contributed by atoms with Crippen LogP contribution in [0.1, 0.15) is 18.5 Å². The van der Waals surface area contributed by atoms with Crippen molar-refractivity contribution in [1.82, 2.24) is 9.88 Å². The Kier molecular flexibility index (Phi) is 5.70. The average Bonchev–Trinajstić information content (AvgIpc) is 3.27. The minimum absolute atomic E-state index is 0.0116. The quantitative estimate of drug-likeness (QED) is 0.753. The van der Waals surface area contributed by atoms with E-state index in [9.17, 15) is 19.1 Å². The number of carbonyl (C=O) groups is 2. The third-order valence-electron chi connectivity index (χ3n) is 4.24. The number of anilines is 1. The van der Waals surface area contributed by atoms with Crippen molar-refractivity contribution in [2.75, 3.05) is 11.9 Å². The van der Waals surface area contributed by atoms with Gasteiger partial charge in [0.15, 0.2) is 5.13 Å². The minimum Gasteiger partial charge on any atom is -0.508 e. The van der Waals surface area contributed by atoms with Gasteiger partial charge in [0.2, 0.25) is 0 Å². The van der Waals surface area contributed by atoms with Crippen LogP contribution in [0, 0.1) is 5.82 Å². The molecular formula is C20H18FN3O3S. The molecule has 8 heteroatoms. The highest BCUT2D eigenvalue weighted by Crippen LogP contribution is 2.36. The van der Waals surface area contributed by atoms with Crippen LogP contribution >= 0.6 is 11.3 Å². The maximum atomic E-state index is 13.9. The molecule has 2 heterocycles. The lowest BCUT2D eigenvalue weighted by atomic mass is 10.0. The van der Waals surface area contributed by atoms with Crippen LogP contribution in [0.2, 0.25) is 0 Å². The second-order valence-electron chi connectivity index (χ2n) is 6.06. The first-order chi connectivity index (χ1) is 13.4. The molecule has 28 heavy (non-hydrogen) atoms. The molecule has 2 N–H and O–H groups in total. The van der Waals surface area contributed by atoms with Gasteiger partial charge in [-0.2, -0.15) is 0 Å². The Labute approximate surface area is 165 Å². The molecule has 1 fully saturated rings. The van der Waals surface area contributed by atoms with Gasteiger partial charge in [-0.3, -0.25) is 14.9 Å². The van der Waals surface area contributed by atoms with Gasteiger partial charge in [-0.1, -0.05) is 24.8 Å². The van der Waals surface area contributed by atoms with E-state index < -0.39 is 23.7 Å². The Bertz CT molecular complexity index is 983. The molecule has 1 aromatic carbocycles. The maximum absolute atomic E-state index is 13.9. The van der Waals surface area contributed by atoms with E-state index in [2.05, 4.69) is 16.9 Å². The smallest absolute Gasteiger partial charge is 0.254 e. The van der Waals surface area contributed by atoms with E-state index in [4.69, 9.17) is 0 Å². The van der Waals surface area contributed by atoms with Gasteiger partial charge in [-0.15, -0.1) is 11.3 Å². The van der Waals surface area contributed by atoms with Gasteiger partial charge in [0.1, 0.15) is 17.6 Å². The third kappa shape index (κ3) is 3.86. The van der Waals surface area contributed by atoms with E-state index in [0.29, 0.717) is 10.7 Å². The molecule has 0 spiro atoms. The number of benzene rings is 1. The number of hydrogen-bond donors (Lipinski definition) is 2. The molecule has 2 aromatic rings. The largest absolute Gasteiger partial charge is 0.508 e. The molecule has 1 saturated heterocycles. The Balaban J connectivity index is 2.03. The molecule has 1 unspecified atom stereocenters. The summed E-state index contributed by atoms with van der Waals surface area (Å²) in [7, 11) is 0. The normalized spacial score (nSPS) is 16.9. The monoisotopic (exact) mass is 399 g/mol. The predicted molar refractivity (Wildman–Crippen MR) is 105 cm³/mol. The molecule has 1 aromatic heterocycles. The van der Waals surface area contributed by atoms with Gasteiger partial charge in [0.25, 0.3) is 11.8 Å². The molecule has 144 valence electrons. The summed E-state index contributed by atoms with van der Waals surface area (Å²) in [6.07, 6.45) is 6.83. The summed E-state index contributed by atoms with van der Waals surface area (Å²) in [5, 5.41) is 14.9. The molecule has 1 aliphatic rings. The minimum atomic E-state index is -1.25. The van der Waals surface area contributed by atoms with Crippen molar-refractivity contribution in [2.45, 2.75) is 13.0 Å². The van der Waals surface area contributed by atoms with Crippen LogP contribution in [-0.4, -0.2) is 33.3 Å². The Morgan fingerprint density at radius 3 is 2.96 bits per heavy atom. The molecule has 0 saturated carbocycles. The fourth-order valence-electron chi connectivity index (χ4n) is 2.89. The number of aromatic nitrogens is 1. The number of amides is 2. The van der Waals surface area contributed by atoms with E-state index >= 15 is 0 Å². The summed E-state index contributed by atoms with van der Waals surface area (Å²) in [4.78, 5) is 31.0. The lowest BCUT2D eigenvalue weighted by Gasteiger charge is -2.27. The molecule has 3 rings (SSSR count).